The molecular formula is C12H15N3. The molecule has 0 aliphatic heterocycles. The van der Waals surface area contributed by atoms with Crippen LogP contribution in [0, 0.1) is 0 Å². The summed E-state index contributed by atoms with van der Waals surface area (Å²) in [6, 6.07) is 6.45. The van der Waals surface area contributed by atoms with Crippen LogP contribution in [0.25, 0.3) is 0 Å². The molecule has 3 heteroatoms. The Labute approximate surface area is 89.6 Å². The van der Waals surface area contributed by atoms with Crippen molar-refractivity contribution < 1.29 is 0 Å². The van der Waals surface area contributed by atoms with Crippen molar-refractivity contribution in [2.45, 2.75) is 19.5 Å². The third-order valence-electron chi connectivity index (χ3n) is 2.46. The van der Waals surface area contributed by atoms with Gasteiger partial charge in [-0.1, -0.05) is 6.07 Å². The molecule has 0 bridgehead atoms. The minimum Gasteiger partial charge on any atom is -0.367 e. The van der Waals surface area contributed by atoms with Crippen molar-refractivity contribution in [3.05, 3.63) is 54.1 Å². The highest BCUT2D eigenvalue weighted by Gasteiger charge is 2.03. The molecule has 3 nitrogen and oxygen atoms in total. The van der Waals surface area contributed by atoms with E-state index in [0.29, 0.717) is 6.04 Å². The zero-order chi connectivity index (χ0) is 10.5. The first kappa shape index (κ1) is 9.93. The minimum absolute atomic E-state index is 0.327. The van der Waals surface area contributed by atoms with Gasteiger partial charge in [0.25, 0.3) is 0 Å². The molecule has 2 rings (SSSR count). The van der Waals surface area contributed by atoms with E-state index in [0.717, 1.165) is 6.54 Å². The molecule has 15 heavy (non-hydrogen) atoms. The fraction of sp³-hybridized carbons (Fsp3) is 0.250. The van der Waals surface area contributed by atoms with Gasteiger partial charge in [-0.25, -0.2) is 0 Å². The van der Waals surface area contributed by atoms with E-state index in [1.54, 1.807) is 6.20 Å². The summed E-state index contributed by atoms with van der Waals surface area (Å²) in [6.45, 7) is 3.02. The molecule has 0 aliphatic carbocycles. The number of hydrogen-bond acceptors (Lipinski definition) is 2. The molecule has 0 saturated heterocycles. The van der Waals surface area contributed by atoms with Crippen LogP contribution in [0.15, 0.2) is 43.0 Å². The topological polar surface area (TPSA) is 40.7 Å². The third kappa shape index (κ3) is 2.67. The molecule has 0 radical (unpaired) electrons. The van der Waals surface area contributed by atoms with Crippen LogP contribution >= 0.6 is 0 Å². The largest absolute Gasteiger partial charge is 0.367 e. The average Bonchev–Trinajstić information content (AvgIpc) is 2.80. The molecule has 0 fully saturated rings. The number of H-pyrrole nitrogens is 1. The molecule has 0 aliphatic rings. The molecule has 2 aromatic rings. The molecule has 1 atom stereocenters. The second kappa shape index (κ2) is 4.75. The fourth-order valence-electron chi connectivity index (χ4n) is 1.49. The summed E-state index contributed by atoms with van der Waals surface area (Å²) in [5.41, 5.74) is 2.48. The monoisotopic (exact) mass is 201 g/mol. The number of rotatable bonds is 4. The van der Waals surface area contributed by atoms with Crippen LogP contribution in [0.2, 0.25) is 0 Å². The number of nitrogens with zero attached hydrogens (tertiary/aromatic N) is 1. The molecule has 0 amide bonds. The van der Waals surface area contributed by atoms with E-state index >= 15 is 0 Å². The van der Waals surface area contributed by atoms with Crippen LogP contribution in [0.3, 0.4) is 0 Å². The summed E-state index contributed by atoms with van der Waals surface area (Å²) in [4.78, 5) is 7.15. The smallest absolute Gasteiger partial charge is 0.0315 e. The lowest BCUT2D eigenvalue weighted by Crippen LogP contribution is -2.17. The number of aromatic amines is 1. The quantitative estimate of drug-likeness (QED) is 0.796. The van der Waals surface area contributed by atoms with Gasteiger partial charge in [0, 0.05) is 37.4 Å². The van der Waals surface area contributed by atoms with Gasteiger partial charge in [0.15, 0.2) is 0 Å². The number of hydrogen-bond donors (Lipinski definition) is 2. The van der Waals surface area contributed by atoms with Crippen molar-refractivity contribution in [2.24, 2.45) is 0 Å². The third-order valence-corrected chi connectivity index (χ3v) is 2.46. The Hall–Kier alpha value is -1.61. The highest BCUT2D eigenvalue weighted by molar-refractivity contribution is 5.14. The first-order chi connectivity index (χ1) is 7.36. The van der Waals surface area contributed by atoms with Crippen molar-refractivity contribution in [1.29, 1.82) is 0 Å². The lowest BCUT2D eigenvalue weighted by Gasteiger charge is -2.12. The molecule has 0 aromatic carbocycles. The first-order valence-electron chi connectivity index (χ1n) is 5.11. The maximum Gasteiger partial charge on any atom is 0.0315 e. The number of nitrogens with one attached hydrogen (secondary N) is 2. The van der Waals surface area contributed by atoms with Crippen LogP contribution in [0.4, 0.5) is 0 Å². The Kier molecular flexibility index (Phi) is 3.15. The zero-order valence-corrected chi connectivity index (χ0v) is 8.77. The van der Waals surface area contributed by atoms with Gasteiger partial charge >= 0.3 is 0 Å². The lowest BCUT2D eigenvalue weighted by atomic mass is 10.1. The first-order valence-corrected chi connectivity index (χ1v) is 5.11. The van der Waals surface area contributed by atoms with Crippen LogP contribution in [0.5, 0.6) is 0 Å². The van der Waals surface area contributed by atoms with Crippen LogP contribution in [-0.4, -0.2) is 9.97 Å². The summed E-state index contributed by atoms with van der Waals surface area (Å²) in [6.07, 6.45) is 7.63. The molecule has 78 valence electrons. The Balaban J connectivity index is 1.90. The van der Waals surface area contributed by atoms with E-state index in [-0.39, 0.29) is 0 Å². The van der Waals surface area contributed by atoms with E-state index in [1.807, 2.05) is 24.7 Å². The average molecular weight is 201 g/mol. The summed E-state index contributed by atoms with van der Waals surface area (Å²) >= 11 is 0. The van der Waals surface area contributed by atoms with Crippen molar-refractivity contribution in [2.75, 3.05) is 0 Å². The minimum atomic E-state index is 0.327. The summed E-state index contributed by atoms with van der Waals surface area (Å²) < 4.78 is 0. The standard InChI is InChI=1S/C12H15N3/c1-10(12-3-2-5-13-9-12)15-8-11-4-6-14-7-11/h2-7,9-10,14-15H,8H2,1H3/t10-/m1/s1. The molecule has 2 heterocycles. The number of pyridine rings is 1. The van der Waals surface area contributed by atoms with Gasteiger partial charge in [-0.15, -0.1) is 0 Å². The summed E-state index contributed by atoms with van der Waals surface area (Å²) in [5.74, 6) is 0. The van der Waals surface area contributed by atoms with Gasteiger partial charge in [0.2, 0.25) is 0 Å². The highest BCUT2D eigenvalue weighted by atomic mass is 14.9. The predicted octanol–water partition coefficient (Wildman–Crippen LogP) is 2.26. The number of aromatic nitrogens is 2. The van der Waals surface area contributed by atoms with Crippen LogP contribution < -0.4 is 5.32 Å². The van der Waals surface area contributed by atoms with Gasteiger partial charge in [-0.05, 0) is 30.2 Å². The van der Waals surface area contributed by atoms with Crippen molar-refractivity contribution in [1.82, 2.24) is 15.3 Å². The van der Waals surface area contributed by atoms with Crippen molar-refractivity contribution in [3.8, 4) is 0 Å². The summed E-state index contributed by atoms with van der Waals surface area (Å²) in [5, 5.41) is 3.44. The van der Waals surface area contributed by atoms with Gasteiger partial charge in [0.1, 0.15) is 0 Å². The predicted molar refractivity (Wildman–Crippen MR) is 60.3 cm³/mol. The Morgan fingerprint density at radius 2 is 2.40 bits per heavy atom. The van der Waals surface area contributed by atoms with Gasteiger partial charge in [0.05, 0.1) is 0 Å². The van der Waals surface area contributed by atoms with E-state index < -0.39 is 0 Å². The fourth-order valence-corrected chi connectivity index (χ4v) is 1.49. The van der Waals surface area contributed by atoms with Crippen molar-refractivity contribution >= 4 is 0 Å². The second-order valence-corrected chi connectivity index (χ2v) is 3.61. The Morgan fingerprint density at radius 1 is 1.47 bits per heavy atom. The lowest BCUT2D eigenvalue weighted by molar-refractivity contribution is 0.573. The summed E-state index contributed by atoms with van der Waals surface area (Å²) in [7, 11) is 0. The van der Waals surface area contributed by atoms with E-state index in [9.17, 15) is 0 Å². The molecule has 0 saturated carbocycles. The Morgan fingerprint density at radius 3 is 3.07 bits per heavy atom. The van der Waals surface area contributed by atoms with E-state index in [4.69, 9.17) is 0 Å². The van der Waals surface area contributed by atoms with Gasteiger partial charge in [-0.2, -0.15) is 0 Å². The Bertz CT molecular complexity index is 381. The van der Waals surface area contributed by atoms with E-state index in [2.05, 4.69) is 34.3 Å². The second-order valence-electron chi connectivity index (χ2n) is 3.61. The van der Waals surface area contributed by atoms with E-state index in [1.165, 1.54) is 11.1 Å². The SMILES string of the molecule is C[C@@H](NCc1cc[nH]c1)c1cccnc1. The molecule has 0 unspecified atom stereocenters. The van der Waals surface area contributed by atoms with Gasteiger partial charge in [-0.3, -0.25) is 4.98 Å². The zero-order valence-electron chi connectivity index (χ0n) is 8.77. The highest BCUT2D eigenvalue weighted by Crippen LogP contribution is 2.10. The molecular weight excluding hydrogens is 186 g/mol. The molecule has 2 N–H and O–H groups in total. The van der Waals surface area contributed by atoms with Crippen LogP contribution in [0.1, 0.15) is 24.1 Å². The maximum atomic E-state index is 4.10. The van der Waals surface area contributed by atoms with Crippen molar-refractivity contribution in [3.63, 3.8) is 0 Å². The molecule has 2 aromatic heterocycles. The maximum absolute atomic E-state index is 4.10. The van der Waals surface area contributed by atoms with Crippen LogP contribution in [-0.2, 0) is 6.54 Å². The molecule has 0 spiro atoms. The van der Waals surface area contributed by atoms with Gasteiger partial charge < -0.3 is 10.3 Å². The normalized spacial score (nSPS) is 12.6.